The van der Waals surface area contributed by atoms with Crippen LogP contribution in [0, 0.1) is 5.92 Å². The number of methoxy groups -OCH3 is 2. The molecule has 1 aromatic rings. The Kier molecular flexibility index (Phi) is 6.38. The van der Waals surface area contributed by atoms with E-state index >= 15 is 0 Å². The Hall–Kier alpha value is -0.740. The molecule has 2 aliphatic rings. The monoisotopic (exact) mass is 383 g/mol. The van der Waals surface area contributed by atoms with Crippen molar-refractivity contribution in [3.05, 3.63) is 22.3 Å². The maximum Gasteiger partial charge on any atom is 0.165 e. The molecule has 0 radical (unpaired) electrons. The summed E-state index contributed by atoms with van der Waals surface area (Å²) in [5, 5.41) is 0. The van der Waals surface area contributed by atoms with Gasteiger partial charge in [0.15, 0.2) is 11.5 Å². The predicted octanol–water partition coefficient (Wildman–Crippen LogP) is 4.17. The Morgan fingerprint density at radius 1 is 0.957 bits per heavy atom. The second-order valence-electron chi connectivity index (χ2n) is 6.83. The molecule has 23 heavy (non-hydrogen) atoms. The van der Waals surface area contributed by atoms with Gasteiger partial charge in [0, 0.05) is 30.8 Å². The molecule has 0 fully saturated rings. The molecule has 1 heterocycles. The first-order valence-corrected chi connectivity index (χ1v) is 8.69. The van der Waals surface area contributed by atoms with Crippen LogP contribution in [-0.4, -0.2) is 32.2 Å². The van der Waals surface area contributed by atoms with Crippen LogP contribution in [0.5, 0.6) is 11.5 Å². The van der Waals surface area contributed by atoms with E-state index < -0.39 is 0 Å². The molecule has 0 saturated heterocycles. The number of nitrogens with zero attached hydrogens (tertiary/aromatic N) is 1. The van der Waals surface area contributed by atoms with Crippen LogP contribution < -0.4 is 9.47 Å². The maximum atomic E-state index is 5.79. The Bertz CT molecular complexity index is 559. The fourth-order valence-electron chi connectivity index (χ4n) is 4.12. The van der Waals surface area contributed by atoms with Gasteiger partial charge in [-0.3, -0.25) is 4.90 Å². The lowest BCUT2D eigenvalue weighted by Gasteiger charge is -2.33. The number of fused-ring (bicyclic) bond motifs is 3. The van der Waals surface area contributed by atoms with E-state index in [9.17, 15) is 0 Å². The third-order valence-electron chi connectivity index (χ3n) is 5.44. The summed E-state index contributed by atoms with van der Waals surface area (Å²) in [7, 11) is 3.57. The van der Waals surface area contributed by atoms with E-state index in [1.54, 1.807) is 25.3 Å². The molecule has 4 heteroatoms. The summed E-state index contributed by atoms with van der Waals surface area (Å²) in [5.74, 6) is 2.75. The maximum absolute atomic E-state index is 5.79. The molecule has 0 N–H and O–H groups in total. The minimum Gasteiger partial charge on any atom is -0.493 e. The SMILES string of the molecule is Br.CCC(C)CN1CCc2c3c(c(OC)c(OC)c2C1)CCC3. The number of ether oxygens (including phenoxy) is 2. The minimum absolute atomic E-state index is 0. The summed E-state index contributed by atoms with van der Waals surface area (Å²) >= 11 is 0. The van der Waals surface area contributed by atoms with Gasteiger partial charge in [-0.25, -0.2) is 0 Å². The van der Waals surface area contributed by atoms with Crippen molar-refractivity contribution in [1.29, 1.82) is 0 Å². The van der Waals surface area contributed by atoms with E-state index in [1.807, 2.05) is 0 Å². The van der Waals surface area contributed by atoms with Crippen molar-refractivity contribution >= 4 is 17.0 Å². The molecule has 1 aliphatic carbocycles. The van der Waals surface area contributed by atoms with E-state index in [4.69, 9.17) is 9.47 Å². The summed E-state index contributed by atoms with van der Waals surface area (Å²) in [5.41, 5.74) is 5.92. The van der Waals surface area contributed by atoms with Crippen LogP contribution in [0.1, 0.15) is 48.9 Å². The van der Waals surface area contributed by atoms with E-state index in [1.165, 1.54) is 43.5 Å². The molecule has 0 amide bonds. The highest BCUT2D eigenvalue weighted by Gasteiger charge is 2.31. The predicted molar refractivity (Wildman–Crippen MR) is 100 cm³/mol. The highest BCUT2D eigenvalue weighted by atomic mass is 79.9. The van der Waals surface area contributed by atoms with Crippen LogP contribution in [0.3, 0.4) is 0 Å². The second-order valence-corrected chi connectivity index (χ2v) is 6.83. The molecule has 0 spiro atoms. The highest BCUT2D eigenvalue weighted by molar-refractivity contribution is 8.93. The van der Waals surface area contributed by atoms with Crippen molar-refractivity contribution in [2.75, 3.05) is 27.3 Å². The summed E-state index contributed by atoms with van der Waals surface area (Å²) in [6.45, 7) is 7.99. The molecule has 3 nitrogen and oxygen atoms in total. The van der Waals surface area contributed by atoms with E-state index in [0.29, 0.717) is 0 Å². The first-order valence-electron chi connectivity index (χ1n) is 8.69. The van der Waals surface area contributed by atoms with Crippen LogP contribution in [-0.2, 0) is 25.8 Å². The second kappa shape index (κ2) is 7.89. The normalized spacial score (nSPS) is 17.9. The van der Waals surface area contributed by atoms with E-state index in [0.717, 1.165) is 36.8 Å². The van der Waals surface area contributed by atoms with Gasteiger partial charge < -0.3 is 9.47 Å². The lowest BCUT2D eigenvalue weighted by molar-refractivity contribution is 0.212. The van der Waals surface area contributed by atoms with Crippen LogP contribution in [0.15, 0.2) is 0 Å². The Morgan fingerprint density at radius 3 is 2.22 bits per heavy atom. The first kappa shape index (κ1) is 18.6. The number of halogens is 1. The summed E-state index contributed by atoms with van der Waals surface area (Å²) in [6, 6.07) is 0. The molecule has 1 aromatic carbocycles. The lowest BCUT2D eigenvalue weighted by Crippen LogP contribution is -2.34. The minimum atomic E-state index is 0. The van der Waals surface area contributed by atoms with Gasteiger partial charge in [0.1, 0.15) is 0 Å². The zero-order valence-electron chi connectivity index (χ0n) is 14.9. The van der Waals surface area contributed by atoms with Crippen molar-refractivity contribution < 1.29 is 9.47 Å². The molecule has 130 valence electrons. The molecule has 0 aromatic heterocycles. The number of hydrogen-bond donors (Lipinski definition) is 0. The van der Waals surface area contributed by atoms with Crippen molar-refractivity contribution in [2.24, 2.45) is 5.92 Å². The molecule has 1 unspecified atom stereocenters. The molecule has 1 atom stereocenters. The average Bonchev–Trinajstić information content (AvgIpc) is 3.02. The van der Waals surface area contributed by atoms with Crippen molar-refractivity contribution in [3.63, 3.8) is 0 Å². The third kappa shape index (κ3) is 3.39. The zero-order chi connectivity index (χ0) is 15.7. The van der Waals surface area contributed by atoms with Crippen LogP contribution >= 0.6 is 17.0 Å². The van der Waals surface area contributed by atoms with Crippen molar-refractivity contribution in [2.45, 2.75) is 52.5 Å². The molecule has 3 rings (SSSR count). The van der Waals surface area contributed by atoms with E-state index in [-0.39, 0.29) is 17.0 Å². The van der Waals surface area contributed by atoms with Gasteiger partial charge in [-0.2, -0.15) is 0 Å². The van der Waals surface area contributed by atoms with Gasteiger partial charge >= 0.3 is 0 Å². The quantitative estimate of drug-likeness (QED) is 0.761. The van der Waals surface area contributed by atoms with Gasteiger partial charge in [-0.15, -0.1) is 17.0 Å². The van der Waals surface area contributed by atoms with Crippen LogP contribution in [0.2, 0.25) is 0 Å². The van der Waals surface area contributed by atoms with Gasteiger partial charge in [-0.05, 0) is 42.7 Å². The number of rotatable bonds is 5. The van der Waals surface area contributed by atoms with Crippen LogP contribution in [0.4, 0.5) is 0 Å². The Morgan fingerprint density at radius 2 is 1.57 bits per heavy atom. The summed E-state index contributed by atoms with van der Waals surface area (Å²) in [4.78, 5) is 2.58. The average molecular weight is 384 g/mol. The van der Waals surface area contributed by atoms with Gasteiger partial charge in [0.05, 0.1) is 14.2 Å². The highest BCUT2D eigenvalue weighted by Crippen LogP contribution is 2.45. The largest absolute Gasteiger partial charge is 0.493 e. The summed E-state index contributed by atoms with van der Waals surface area (Å²) in [6.07, 6.45) is 6.01. The van der Waals surface area contributed by atoms with Gasteiger partial charge in [0.2, 0.25) is 0 Å². The van der Waals surface area contributed by atoms with Gasteiger partial charge in [-0.1, -0.05) is 20.3 Å². The first-order chi connectivity index (χ1) is 10.7. The molecule has 0 saturated carbocycles. The third-order valence-corrected chi connectivity index (χ3v) is 5.44. The fourth-order valence-corrected chi connectivity index (χ4v) is 4.12. The van der Waals surface area contributed by atoms with Crippen molar-refractivity contribution in [1.82, 2.24) is 4.90 Å². The van der Waals surface area contributed by atoms with Crippen LogP contribution in [0.25, 0.3) is 0 Å². The molecule has 0 bridgehead atoms. The zero-order valence-corrected chi connectivity index (χ0v) is 16.6. The van der Waals surface area contributed by atoms with Crippen molar-refractivity contribution in [3.8, 4) is 11.5 Å². The van der Waals surface area contributed by atoms with Gasteiger partial charge in [0.25, 0.3) is 0 Å². The molecule has 1 aliphatic heterocycles. The Labute approximate surface area is 151 Å². The molecular weight excluding hydrogens is 354 g/mol. The number of benzene rings is 1. The standard InChI is InChI=1S/C19H29NO2.BrH/c1-5-13(2)11-20-10-9-15-14-7-6-8-16(14)18(21-3)19(22-4)17(15)12-20;/h13H,5-12H2,1-4H3;1H. The molecular formula is C19H30BrNO2. The summed E-state index contributed by atoms with van der Waals surface area (Å²) < 4.78 is 11.5. The number of hydrogen-bond acceptors (Lipinski definition) is 3. The fraction of sp³-hybridized carbons (Fsp3) is 0.684. The lowest BCUT2D eigenvalue weighted by atomic mass is 9.90. The topological polar surface area (TPSA) is 21.7 Å². The van der Waals surface area contributed by atoms with E-state index in [2.05, 4.69) is 18.7 Å². The Balaban J connectivity index is 0.00000192. The smallest absolute Gasteiger partial charge is 0.165 e.